The summed E-state index contributed by atoms with van der Waals surface area (Å²) in [7, 11) is 0. The Morgan fingerprint density at radius 2 is 2.05 bits per heavy atom. The van der Waals surface area contributed by atoms with Crippen molar-refractivity contribution in [2.24, 2.45) is 0 Å². The normalized spacial score (nSPS) is 15.9. The molecule has 2 unspecified atom stereocenters. The molecule has 2 nitrogen and oxygen atoms in total. The number of ether oxygens (including phenoxy) is 1. The van der Waals surface area contributed by atoms with E-state index in [0.717, 1.165) is 13.0 Å². The Morgan fingerprint density at radius 1 is 1.40 bits per heavy atom. The molecule has 2 atom stereocenters. The molecule has 1 aromatic rings. The molecule has 0 aliphatic heterocycles. The molecule has 0 bridgehead atoms. The Bertz CT molecular complexity index is 458. The van der Waals surface area contributed by atoms with Gasteiger partial charge in [0.15, 0.2) is 0 Å². The third-order valence-corrected chi connectivity index (χ3v) is 4.83. The Morgan fingerprint density at radius 3 is 2.55 bits per heavy atom. The number of halogens is 3. The van der Waals surface area contributed by atoms with Crippen LogP contribution in [0.3, 0.4) is 0 Å². The van der Waals surface area contributed by atoms with Gasteiger partial charge in [-0.3, -0.25) is 0 Å². The summed E-state index contributed by atoms with van der Waals surface area (Å²) in [5, 5.41) is 3.44. The van der Waals surface area contributed by atoms with Gasteiger partial charge in [-0.05, 0) is 48.8 Å². The van der Waals surface area contributed by atoms with E-state index < -0.39 is 11.4 Å². The van der Waals surface area contributed by atoms with Crippen LogP contribution >= 0.6 is 27.5 Å². The van der Waals surface area contributed by atoms with Crippen molar-refractivity contribution in [2.75, 3.05) is 13.2 Å². The van der Waals surface area contributed by atoms with Crippen LogP contribution in [0.15, 0.2) is 16.6 Å². The maximum Gasteiger partial charge on any atom is 0.147 e. The minimum atomic E-state index is -0.483. The smallest absolute Gasteiger partial charge is 0.147 e. The molecule has 1 N–H and O–H groups in total. The van der Waals surface area contributed by atoms with Crippen molar-refractivity contribution in [3.63, 3.8) is 0 Å². The van der Waals surface area contributed by atoms with E-state index in [9.17, 15) is 4.39 Å². The molecule has 0 amide bonds. The van der Waals surface area contributed by atoms with Crippen molar-refractivity contribution in [1.29, 1.82) is 0 Å². The fourth-order valence-corrected chi connectivity index (χ4v) is 2.82. The van der Waals surface area contributed by atoms with E-state index in [1.54, 1.807) is 12.1 Å². The van der Waals surface area contributed by atoms with Crippen LogP contribution < -0.4 is 5.32 Å². The Kier molecular flexibility index (Phi) is 6.92. The van der Waals surface area contributed by atoms with Crippen LogP contribution in [-0.2, 0) is 4.74 Å². The van der Waals surface area contributed by atoms with Crippen LogP contribution in [0.4, 0.5) is 4.39 Å². The summed E-state index contributed by atoms with van der Waals surface area (Å²) in [6.45, 7) is 9.28. The second kappa shape index (κ2) is 7.74. The van der Waals surface area contributed by atoms with E-state index in [1.165, 1.54) is 0 Å². The van der Waals surface area contributed by atoms with Crippen molar-refractivity contribution in [3.05, 3.63) is 33.0 Å². The molecule has 0 aliphatic carbocycles. The zero-order valence-corrected chi connectivity index (χ0v) is 14.7. The van der Waals surface area contributed by atoms with Gasteiger partial charge in [-0.1, -0.05) is 31.5 Å². The monoisotopic (exact) mass is 365 g/mol. The van der Waals surface area contributed by atoms with Gasteiger partial charge in [0, 0.05) is 16.6 Å². The van der Waals surface area contributed by atoms with Crippen LogP contribution in [0.2, 0.25) is 5.02 Å². The fraction of sp³-hybridized carbons (Fsp3) is 0.600. The number of rotatable bonds is 7. The summed E-state index contributed by atoms with van der Waals surface area (Å²) >= 11 is 9.25. The van der Waals surface area contributed by atoms with Crippen molar-refractivity contribution in [2.45, 2.75) is 45.8 Å². The molecule has 114 valence electrons. The molecular weight excluding hydrogens is 345 g/mol. The molecule has 1 aromatic carbocycles. The average Bonchev–Trinajstić information content (AvgIpc) is 2.43. The highest BCUT2D eigenvalue weighted by Gasteiger charge is 2.36. The predicted octanol–water partition coefficient (Wildman–Crippen LogP) is 5.10. The van der Waals surface area contributed by atoms with Gasteiger partial charge in [-0.2, -0.15) is 0 Å². The van der Waals surface area contributed by atoms with Gasteiger partial charge in [0.2, 0.25) is 0 Å². The second-order valence-electron chi connectivity index (χ2n) is 4.85. The lowest BCUT2D eigenvalue weighted by atomic mass is 9.87. The van der Waals surface area contributed by atoms with Crippen LogP contribution in [0.5, 0.6) is 0 Å². The molecular formula is C15H22BrClFNO. The molecule has 0 spiro atoms. The molecule has 20 heavy (non-hydrogen) atoms. The summed E-state index contributed by atoms with van der Waals surface area (Å²) in [5.74, 6) is -0.397. The lowest BCUT2D eigenvalue weighted by Gasteiger charge is -2.38. The first-order valence-electron chi connectivity index (χ1n) is 6.91. The van der Waals surface area contributed by atoms with E-state index >= 15 is 0 Å². The van der Waals surface area contributed by atoms with Crippen LogP contribution in [0.25, 0.3) is 0 Å². The highest BCUT2D eigenvalue weighted by Crippen LogP contribution is 2.37. The van der Waals surface area contributed by atoms with Crippen molar-refractivity contribution in [1.82, 2.24) is 5.32 Å². The summed E-state index contributed by atoms with van der Waals surface area (Å²) in [6.07, 6.45) is 0.769. The van der Waals surface area contributed by atoms with Gasteiger partial charge in [0.25, 0.3) is 0 Å². The molecule has 0 radical (unpaired) electrons. The molecule has 0 aromatic heterocycles. The lowest BCUT2D eigenvalue weighted by Crippen LogP contribution is -2.44. The number of hydrogen-bond acceptors (Lipinski definition) is 2. The number of nitrogens with one attached hydrogen (secondary N) is 1. The quantitative estimate of drug-likeness (QED) is 0.678. The van der Waals surface area contributed by atoms with Crippen molar-refractivity contribution >= 4 is 27.5 Å². The standard InChI is InChI=1S/C15H22BrClFNO/c1-5-15(4,20-7-3)14(19-6-2)10-8-9-11(16)12(17)13(10)18/h8-9,14,19H,5-7H2,1-4H3. The van der Waals surface area contributed by atoms with E-state index in [4.69, 9.17) is 16.3 Å². The zero-order valence-electron chi connectivity index (χ0n) is 12.4. The summed E-state index contributed by atoms with van der Waals surface area (Å²) < 4.78 is 20.9. The lowest BCUT2D eigenvalue weighted by molar-refractivity contribution is -0.0567. The van der Waals surface area contributed by atoms with Crippen molar-refractivity contribution < 1.29 is 9.13 Å². The van der Waals surface area contributed by atoms with Gasteiger partial charge in [-0.15, -0.1) is 0 Å². The Balaban J connectivity index is 3.30. The maximum atomic E-state index is 14.5. The van der Waals surface area contributed by atoms with Gasteiger partial charge >= 0.3 is 0 Å². The molecule has 0 saturated carbocycles. The number of likely N-dealkylation sites (N-methyl/N-ethyl adjacent to an activating group) is 1. The molecule has 5 heteroatoms. The molecule has 0 heterocycles. The molecule has 0 fully saturated rings. The summed E-state index contributed by atoms with van der Waals surface area (Å²) in [4.78, 5) is 0. The average molecular weight is 367 g/mol. The fourth-order valence-electron chi connectivity index (χ4n) is 2.34. The van der Waals surface area contributed by atoms with Gasteiger partial charge in [0.05, 0.1) is 16.7 Å². The summed E-state index contributed by atoms with van der Waals surface area (Å²) in [5.41, 5.74) is 0.0563. The largest absolute Gasteiger partial charge is 0.374 e. The third kappa shape index (κ3) is 3.73. The van der Waals surface area contributed by atoms with Gasteiger partial charge in [-0.25, -0.2) is 4.39 Å². The van der Waals surface area contributed by atoms with E-state index in [0.29, 0.717) is 16.6 Å². The highest BCUT2D eigenvalue weighted by molar-refractivity contribution is 9.10. The van der Waals surface area contributed by atoms with Crippen LogP contribution in [-0.4, -0.2) is 18.8 Å². The second-order valence-corrected chi connectivity index (χ2v) is 6.09. The maximum absolute atomic E-state index is 14.5. The SMILES string of the molecule is CCNC(c1ccc(Br)c(Cl)c1F)C(C)(CC)OCC. The number of hydrogen-bond donors (Lipinski definition) is 1. The van der Waals surface area contributed by atoms with Crippen molar-refractivity contribution in [3.8, 4) is 0 Å². The molecule has 0 saturated heterocycles. The third-order valence-electron chi connectivity index (χ3n) is 3.57. The zero-order chi connectivity index (χ0) is 15.3. The molecule has 0 aliphatic rings. The van der Waals surface area contributed by atoms with Gasteiger partial charge < -0.3 is 10.1 Å². The Hall–Kier alpha value is -0.160. The topological polar surface area (TPSA) is 21.3 Å². The minimum Gasteiger partial charge on any atom is -0.374 e. The number of benzene rings is 1. The van der Waals surface area contributed by atoms with E-state index in [-0.39, 0.29) is 11.1 Å². The summed E-state index contributed by atoms with van der Waals surface area (Å²) in [6, 6.07) is 3.28. The van der Waals surface area contributed by atoms with E-state index in [2.05, 4.69) is 21.2 Å². The Labute approximate surface area is 134 Å². The molecule has 1 rings (SSSR count). The first-order valence-corrected chi connectivity index (χ1v) is 8.09. The first kappa shape index (κ1) is 17.9. The van der Waals surface area contributed by atoms with Crippen LogP contribution in [0, 0.1) is 5.82 Å². The highest BCUT2D eigenvalue weighted by atomic mass is 79.9. The van der Waals surface area contributed by atoms with Gasteiger partial charge in [0.1, 0.15) is 5.82 Å². The first-order chi connectivity index (χ1) is 9.41. The minimum absolute atomic E-state index is 0.111. The predicted molar refractivity (Wildman–Crippen MR) is 85.8 cm³/mol. The van der Waals surface area contributed by atoms with Crippen LogP contribution in [0.1, 0.15) is 45.7 Å². The van der Waals surface area contributed by atoms with E-state index in [1.807, 2.05) is 27.7 Å².